The van der Waals surface area contributed by atoms with Crippen LogP contribution in [0.1, 0.15) is 43.2 Å². The van der Waals surface area contributed by atoms with Crippen LogP contribution in [0.3, 0.4) is 0 Å². The zero-order valence-corrected chi connectivity index (χ0v) is 18.0. The van der Waals surface area contributed by atoms with Gasteiger partial charge >= 0.3 is 0 Å². The second-order valence-electron chi connectivity index (χ2n) is 10.1. The minimum absolute atomic E-state index is 0.0691. The first kappa shape index (κ1) is 18.5. The van der Waals surface area contributed by atoms with Crippen molar-refractivity contribution < 1.29 is 24.1 Å². The van der Waals surface area contributed by atoms with Crippen LogP contribution in [0, 0.1) is 5.92 Å². The lowest BCUT2D eigenvalue weighted by atomic mass is 9.48. The lowest BCUT2D eigenvalue weighted by Crippen LogP contribution is -2.79. The molecule has 0 amide bonds. The summed E-state index contributed by atoms with van der Waals surface area (Å²) < 4.78 is 24.8. The van der Waals surface area contributed by atoms with Crippen molar-refractivity contribution in [2.24, 2.45) is 5.92 Å². The number of nitrogens with zero attached hydrogens (tertiary/aromatic N) is 1. The molecule has 2 bridgehead atoms. The summed E-state index contributed by atoms with van der Waals surface area (Å²) in [5, 5.41) is 13.1. The van der Waals surface area contributed by atoms with Crippen molar-refractivity contribution >= 4 is 11.6 Å². The van der Waals surface area contributed by atoms with Gasteiger partial charge in [0.1, 0.15) is 0 Å². The Kier molecular flexibility index (Phi) is 3.61. The maximum atomic E-state index is 12.5. The molecule has 1 aromatic carbocycles. The fraction of sp³-hybridized carbons (Fsp3) is 0.739. The average Bonchev–Trinajstić information content (AvgIpc) is 3.28. The third-order valence-electron chi connectivity index (χ3n) is 8.80. The molecule has 162 valence electrons. The van der Waals surface area contributed by atoms with Crippen molar-refractivity contribution in [2.75, 3.05) is 33.4 Å². The smallest absolute Gasteiger partial charge is 0.207 e. The van der Waals surface area contributed by atoms with E-state index in [1.165, 1.54) is 18.4 Å². The van der Waals surface area contributed by atoms with E-state index in [2.05, 4.69) is 4.90 Å². The van der Waals surface area contributed by atoms with Crippen molar-refractivity contribution in [1.82, 2.24) is 4.90 Å². The number of hydrogen-bond acceptors (Lipinski definition) is 6. The lowest BCUT2D eigenvalue weighted by molar-refractivity contribution is -0.296. The van der Waals surface area contributed by atoms with Gasteiger partial charge in [-0.1, -0.05) is 11.6 Å². The minimum Gasteiger partial charge on any atom is -0.491 e. The Balaban J connectivity index is 1.46. The van der Waals surface area contributed by atoms with Gasteiger partial charge in [0.05, 0.1) is 36.4 Å². The highest BCUT2D eigenvalue weighted by atomic mass is 35.5. The molecule has 3 heterocycles. The summed E-state index contributed by atoms with van der Waals surface area (Å²) in [5.41, 5.74) is 0.851. The van der Waals surface area contributed by atoms with Gasteiger partial charge in [-0.3, -0.25) is 4.90 Å². The van der Waals surface area contributed by atoms with Crippen LogP contribution in [0.2, 0.25) is 5.02 Å². The zero-order valence-electron chi connectivity index (χ0n) is 17.3. The molecule has 6 nitrogen and oxygen atoms in total. The quantitative estimate of drug-likeness (QED) is 0.790. The number of halogens is 1. The maximum Gasteiger partial charge on any atom is 0.207 e. The highest BCUT2D eigenvalue weighted by molar-refractivity contribution is 6.32. The van der Waals surface area contributed by atoms with Crippen molar-refractivity contribution in [3.05, 3.63) is 22.2 Å². The minimum atomic E-state index is -0.873. The molecule has 3 aliphatic heterocycles. The van der Waals surface area contributed by atoms with Gasteiger partial charge in [0.2, 0.25) is 5.79 Å². The average molecular weight is 434 g/mol. The predicted octanol–water partition coefficient (Wildman–Crippen LogP) is 2.66. The Bertz CT molecular complexity index is 929. The second-order valence-corrected chi connectivity index (χ2v) is 10.5. The number of aliphatic hydroxyl groups is 1. The Hall–Kier alpha value is -1.05. The van der Waals surface area contributed by atoms with E-state index >= 15 is 0 Å². The molecule has 7 heteroatoms. The zero-order chi connectivity index (χ0) is 20.3. The molecular weight excluding hydrogens is 406 g/mol. The fourth-order valence-electron chi connectivity index (χ4n) is 7.43. The maximum absolute atomic E-state index is 12.5. The van der Waals surface area contributed by atoms with Gasteiger partial charge in [0, 0.05) is 24.6 Å². The van der Waals surface area contributed by atoms with E-state index in [9.17, 15) is 5.11 Å². The first-order chi connectivity index (χ1) is 14.5. The van der Waals surface area contributed by atoms with Crippen LogP contribution in [0.25, 0.3) is 0 Å². The highest BCUT2D eigenvalue weighted by Crippen LogP contribution is 2.68. The van der Waals surface area contributed by atoms with Crippen LogP contribution in [0.5, 0.6) is 11.5 Å². The van der Waals surface area contributed by atoms with Gasteiger partial charge in [-0.15, -0.1) is 0 Å². The molecule has 2 saturated carbocycles. The summed E-state index contributed by atoms with van der Waals surface area (Å²) in [6.07, 6.45) is 5.16. The lowest BCUT2D eigenvalue weighted by Gasteiger charge is -2.65. The van der Waals surface area contributed by atoms with Crippen LogP contribution in [-0.2, 0) is 21.3 Å². The van der Waals surface area contributed by atoms with Gasteiger partial charge in [-0.2, -0.15) is 0 Å². The summed E-state index contributed by atoms with van der Waals surface area (Å²) >= 11 is 6.63. The van der Waals surface area contributed by atoms with Gasteiger partial charge in [0.25, 0.3) is 0 Å². The molecule has 4 fully saturated rings. The van der Waals surface area contributed by atoms with E-state index in [0.717, 1.165) is 37.4 Å². The number of benzene rings is 1. The number of rotatable bonds is 3. The van der Waals surface area contributed by atoms with E-state index in [-0.39, 0.29) is 6.04 Å². The fourth-order valence-corrected chi connectivity index (χ4v) is 7.72. The largest absolute Gasteiger partial charge is 0.491 e. The van der Waals surface area contributed by atoms with Crippen LogP contribution in [0.4, 0.5) is 0 Å². The monoisotopic (exact) mass is 433 g/mol. The Morgan fingerprint density at radius 3 is 2.77 bits per heavy atom. The normalized spacial score (nSPS) is 40.4. The molecule has 0 unspecified atom stereocenters. The summed E-state index contributed by atoms with van der Waals surface area (Å²) in [6.45, 7) is 3.17. The van der Waals surface area contributed by atoms with Crippen LogP contribution in [0.15, 0.2) is 6.07 Å². The van der Waals surface area contributed by atoms with Crippen molar-refractivity contribution in [3.63, 3.8) is 0 Å². The van der Waals surface area contributed by atoms with E-state index in [1.807, 2.05) is 6.07 Å². The Labute approximate surface area is 181 Å². The predicted molar refractivity (Wildman–Crippen MR) is 109 cm³/mol. The number of piperidine rings is 1. The van der Waals surface area contributed by atoms with Crippen molar-refractivity contribution in [3.8, 4) is 11.5 Å². The van der Waals surface area contributed by atoms with Crippen LogP contribution < -0.4 is 9.47 Å². The molecule has 6 aliphatic rings. The molecular formula is C23H28ClNO5. The molecule has 2 spiro atoms. The van der Waals surface area contributed by atoms with Crippen molar-refractivity contribution in [1.29, 1.82) is 0 Å². The van der Waals surface area contributed by atoms with Gasteiger partial charge in [-0.05, 0) is 56.2 Å². The van der Waals surface area contributed by atoms with Gasteiger partial charge in [0.15, 0.2) is 17.6 Å². The Morgan fingerprint density at radius 2 is 2.03 bits per heavy atom. The van der Waals surface area contributed by atoms with Crippen LogP contribution >= 0.6 is 11.6 Å². The molecule has 1 aromatic rings. The SMILES string of the molecule is COc1c(Cl)cc2c3c1O[C@H]1C4(CC[C@@]5(O)[C@@H](C2)N(CC2CC2)CC[C@]315)OCCO4. The van der Waals surface area contributed by atoms with E-state index in [1.54, 1.807) is 7.11 Å². The number of fused-ring (bicyclic) bond motifs is 1. The van der Waals surface area contributed by atoms with Gasteiger partial charge in [-0.25, -0.2) is 0 Å². The molecule has 2 saturated heterocycles. The molecule has 0 aromatic heterocycles. The summed E-state index contributed by atoms with van der Waals surface area (Å²) in [5.74, 6) is 1.23. The number of likely N-dealkylation sites (tertiary alicyclic amines) is 1. The second kappa shape index (κ2) is 5.84. The molecule has 0 radical (unpaired) electrons. The van der Waals surface area contributed by atoms with Crippen molar-refractivity contribution in [2.45, 2.75) is 67.5 Å². The van der Waals surface area contributed by atoms with E-state index in [4.69, 9.17) is 30.5 Å². The summed E-state index contributed by atoms with van der Waals surface area (Å²) in [4.78, 5) is 2.55. The summed E-state index contributed by atoms with van der Waals surface area (Å²) in [7, 11) is 1.63. The number of methoxy groups -OCH3 is 1. The summed E-state index contributed by atoms with van der Waals surface area (Å²) in [6, 6.07) is 2.11. The highest BCUT2D eigenvalue weighted by Gasteiger charge is 2.77. The topological polar surface area (TPSA) is 60.4 Å². The van der Waals surface area contributed by atoms with Gasteiger partial charge < -0.3 is 24.1 Å². The first-order valence-corrected chi connectivity index (χ1v) is 11.7. The molecule has 7 rings (SSSR count). The molecule has 30 heavy (non-hydrogen) atoms. The molecule has 3 aliphatic carbocycles. The standard InChI is InChI=1S/C23H28ClNO5/c1-27-18-15(24)10-14-11-16-22(26)4-5-23(28-8-9-29-23)20-21(22,17(14)19(18)30-20)6-7-25(16)12-13-2-3-13/h10,13,16,20,26H,2-9,11-12H2,1H3/t16-,20-,21+,22-/m1/s1. The first-order valence-electron chi connectivity index (χ1n) is 11.3. The van der Waals surface area contributed by atoms with E-state index in [0.29, 0.717) is 42.6 Å². The molecule has 4 atom stereocenters. The number of ether oxygens (including phenoxy) is 4. The van der Waals surface area contributed by atoms with E-state index < -0.39 is 22.9 Å². The Morgan fingerprint density at radius 1 is 1.23 bits per heavy atom. The third-order valence-corrected chi connectivity index (χ3v) is 9.08. The molecule has 1 N–H and O–H groups in total. The number of hydrogen-bond donors (Lipinski definition) is 1. The van der Waals surface area contributed by atoms with Crippen LogP contribution in [-0.4, -0.2) is 67.0 Å². The third kappa shape index (κ3) is 2.01.